The van der Waals surface area contributed by atoms with Crippen molar-refractivity contribution in [1.82, 2.24) is 4.90 Å². The van der Waals surface area contributed by atoms with Gasteiger partial charge in [-0.05, 0) is 68.6 Å². The van der Waals surface area contributed by atoms with E-state index in [1.54, 1.807) is 0 Å². The van der Waals surface area contributed by atoms with Gasteiger partial charge in [-0.15, -0.1) is 0 Å². The Labute approximate surface area is 118 Å². The first-order chi connectivity index (χ1) is 9.08. The number of aliphatic hydroxyl groups is 1. The molecule has 0 atom stereocenters. The summed E-state index contributed by atoms with van der Waals surface area (Å²) >= 11 is 0. The Hall–Kier alpha value is -0.0800. The van der Waals surface area contributed by atoms with Crippen LogP contribution in [0.3, 0.4) is 0 Å². The molecule has 0 radical (unpaired) electrons. The highest BCUT2D eigenvalue weighted by molar-refractivity contribution is 5.00. The average Bonchev–Trinajstić information content (AvgIpc) is 2.37. The van der Waals surface area contributed by atoms with E-state index in [1.165, 1.54) is 51.6 Å². The van der Waals surface area contributed by atoms with E-state index in [0.29, 0.717) is 5.41 Å². The molecule has 0 unspecified atom stereocenters. The van der Waals surface area contributed by atoms with Gasteiger partial charge in [0, 0.05) is 19.1 Å². The van der Waals surface area contributed by atoms with Crippen LogP contribution in [0.1, 0.15) is 65.2 Å². The zero-order valence-electron chi connectivity index (χ0n) is 12.8. The van der Waals surface area contributed by atoms with Gasteiger partial charge in [-0.3, -0.25) is 4.90 Å². The molecule has 19 heavy (non-hydrogen) atoms. The van der Waals surface area contributed by atoms with Crippen molar-refractivity contribution in [3.8, 4) is 0 Å². The zero-order valence-corrected chi connectivity index (χ0v) is 12.8. The van der Waals surface area contributed by atoms with E-state index in [4.69, 9.17) is 0 Å². The third-order valence-corrected chi connectivity index (χ3v) is 6.29. The van der Waals surface area contributed by atoms with Gasteiger partial charge in [0.2, 0.25) is 0 Å². The Morgan fingerprint density at radius 1 is 0.947 bits per heavy atom. The number of rotatable bonds is 2. The van der Waals surface area contributed by atoms with Gasteiger partial charge >= 0.3 is 0 Å². The third kappa shape index (κ3) is 2.85. The lowest BCUT2D eigenvalue weighted by Crippen LogP contribution is -2.61. The Balaban J connectivity index is 1.45. The molecule has 2 aliphatic carbocycles. The monoisotopic (exact) mass is 265 g/mol. The number of hydrogen-bond donors (Lipinski definition) is 1. The van der Waals surface area contributed by atoms with Crippen molar-refractivity contribution in [1.29, 1.82) is 0 Å². The van der Waals surface area contributed by atoms with E-state index in [2.05, 4.69) is 18.7 Å². The number of aliphatic hydroxyl groups excluding tert-OH is 1. The second-order valence-corrected chi connectivity index (χ2v) is 7.95. The molecule has 2 saturated carbocycles. The van der Waals surface area contributed by atoms with Crippen LogP contribution in [0.5, 0.6) is 0 Å². The van der Waals surface area contributed by atoms with Crippen molar-refractivity contribution >= 4 is 0 Å². The number of nitrogens with zero attached hydrogens (tertiary/aromatic N) is 1. The van der Waals surface area contributed by atoms with Gasteiger partial charge in [-0.2, -0.15) is 0 Å². The second kappa shape index (κ2) is 5.37. The van der Waals surface area contributed by atoms with Gasteiger partial charge in [0.25, 0.3) is 0 Å². The predicted molar refractivity (Wildman–Crippen MR) is 79.1 cm³/mol. The van der Waals surface area contributed by atoms with Crippen molar-refractivity contribution in [2.75, 3.05) is 13.1 Å². The lowest BCUT2D eigenvalue weighted by molar-refractivity contribution is -0.0793. The van der Waals surface area contributed by atoms with E-state index >= 15 is 0 Å². The summed E-state index contributed by atoms with van der Waals surface area (Å²) in [7, 11) is 0. The largest absolute Gasteiger partial charge is 0.393 e. The summed E-state index contributed by atoms with van der Waals surface area (Å²) in [6.07, 6.45) is 10.4. The zero-order chi connectivity index (χ0) is 13.5. The summed E-state index contributed by atoms with van der Waals surface area (Å²) in [6.45, 7) is 7.50. The van der Waals surface area contributed by atoms with E-state index in [-0.39, 0.29) is 6.10 Å². The van der Waals surface area contributed by atoms with Gasteiger partial charge in [-0.1, -0.05) is 13.8 Å². The molecule has 2 nitrogen and oxygen atoms in total. The fourth-order valence-corrected chi connectivity index (χ4v) is 4.73. The van der Waals surface area contributed by atoms with Crippen molar-refractivity contribution in [3.63, 3.8) is 0 Å². The normalized spacial score (nSPS) is 36.6. The van der Waals surface area contributed by atoms with Crippen LogP contribution in [0, 0.1) is 17.3 Å². The van der Waals surface area contributed by atoms with Gasteiger partial charge in [-0.25, -0.2) is 0 Å². The van der Waals surface area contributed by atoms with Crippen molar-refractivity contribution < 1.29 is 5.11 Å². The van der Waals surface area contributed by atoms with Crippen LogP contribution in [0.25, 0.3) is 0 Å². The minimum absolute atomic E-state index is 0.00651. The molecule has 3 fully saturated rings. The lowest BCUT2D eigenvalue weighted by atomic mass is 9.63. The van der Waals surface area contributed by atoms with Crippen LogP contribution >= 0.6 is 0 Å². The molecule has 0 aromatic rings. The van der Waals surface area contributed by atoms with Gasteiger partial charge in [0.1, 0.15) is 0 Å². The van der Waals surface area contributed by atoms with Crippen LogP contribution in [0.2, 0.25) is 0 Å². The first-order valence-corrected chi connectivity index (χ1v) is 8.50. The van der Waals surface area contributed by atoms with Crippen molar-refractivity contribution in [2.45, 2.75) is 77.4 Å². The topological polar surface area (TPSA) is 23.5 Å². The Morgan fingerprint density at radius 3 is 2.05 bits per heavy atom. The number of likely N-dealkylation sites (tertiary alicyclic amines) is 1. The molecular weight excluding hydrogens is 234 g/mol. The van der Waals surface area contributed by atoms with Crippen LogP contribution in [-0.4, -0.2) is 35.2 Å². The predicted octanol–water partition coefficient (Wildman–Crippen LogP) is 3.44. The highest BCUT2D eigenvalue weighted by Gasteiger charge is 2.47. The molecule has 1 heterocycles. The molecule has 1 aliphatic heterocycles. The minimum Gasteiger partial charge on any atom is -0.393 e. The van der Waals surface area contributed by atoms with Crippen molar-refractivity contribution in [3.05, 3.63) is 0 Å². The SMILES string of the molecule is CC(C)C1CCC2(CC1)CN(C1CCC(O)CC1)C2. The fraction of sp³-hybridized carbons (Fsp3) is 1.00. The van der Waals surface area contributed by atoms with Crippen LogP contribution in [0.15, 0.2) is 0 Å². The first kappa shape index (κ1) is 13.9. The molecule has 2 heteroatoms. The maximum atomic E-state index is 9.60. The Kier molecular flexibility index (Phi) is 3.92. The Bertz CT molecular complexity index is 290. The minimum atomic E-state index is -0.00651. The standard InChI is InChI=1S/C17H31NO/c1-13(2)14-7-9-17(10-8-14)11-18(12-17)15-3-5-16(19)6-4-15/h13-16,19H,3-12H2,1-2H3. The van der Waals surface area contributed by atoms with Crippen LogP contribution < -0.4 is 0 Å². The quantitative estimate of drug-likeness (QED) is 0.827. The van der Waals surface area contributed by atoms with Gasteiger partial charge < -0.3 is 5.11 Å². The lowest BCUT2D eigenvalue weighted by Gasteiger charge is -2.57. The van der Waals surface area contributed by atoms with Gasteiger partial charge in [0.05, 0.1) is 6.10 Å². The fourth-order valence-electron chi connectivity index (χ4n) is 4.73. The summed E-state index contributed by atoms with van der Waals surface area (Å²) < 4.78 is 0. The molecule has 1 N–H and O–H groups in total. The smallest absolute Gasteiger partial charge is 0.0541 e. The maximum absolute atomic E-state index is 9.60. The van der Waals surface area contributed by atoms with Crippen LogP contribution in [0.4, 0.5) is 0 Å². The highest BCUT2D eigenvalue weighted by Crippen LogP contribution is 2.48. The van der Waals surface area contributed by atoms with E-state index in [1.807, 2.05) is 0 Å². The van der Waals surface area contributed by atoms with E-state index in [0.717, 1.165) is 30.7 Å². The molecule has 0 aromatic carbocycles. The van der Waals surface area contributed by atoms with E-state index < -0.39 is 0 Å². The molecule has 0 bridgehead atoms. The molecule has 0 amide bonds. The molecule has 0 aromatic heterocycles. The maximum Gasteiger partial charge on any atom is 0.0541 e. The highest BCUT2D eigenvalue weighted by atomic mass is 16.3. The molecule has 1 spiro atoms. The van der Waals surface area contributed by atoms with Crippen molar-refractivity contribution in [2.24, 2.45) is 17.3 Å². The first-order valence-electron chi connectivity index (χ1n) is 8.50. The summed E-state index contributed by atoms with van der Waals surface area (Å²) in [5.41, 5.74) is 0.696. The van der Waals surface area contributed by atoms with E-state index in [9.17, 15) is 5.11 Å². The molecule has 110 valence electrons. The molecule has 3 aliphatic rings. The average molecular weight is 265 g/mol. The summed E-state index contributed by atoms with van der Waals surface area (Å²) in [6, 6.07) is 0.789. The summed E-state index contributed by atoms with van der Waals surface area (Å²) in [5, 5.41) is 9.60. The van der Waals surface area contributed by atoms with Crippen LogP contribution in [-0.2, 0) is 0 Å². The summed E-state index contributed by atoms with van der Waals surface area (Å²) in [4.78, 5) is 2.72. The third-order valence-electron chi connectivity index (χ3n) is 6.29. The molecular formula is C17H31NO. The summed E-state index contributed by atoms with van der Waals surface area (Å²) in [5.74, 6) is 1.87. The second-order valence-electron chi connectivity index (χ2n) is 7.95. The number of hydrogen-bond acceptors (Lipinski definition) is 2. The molecule has 1 saturated heterocycles. The van der Waals surface area contributed by atoms with Gasteiger partial charge in [0.15, 0.2) is 0 Å². The molecule has 3 rings (SSSR count). The Morgan fingerprint density at radius 2 is 1.53 bits per heavy atom.